The molecule has 3 aliphatic rings. The smallest absolute Gasteiger partial charge is 0.325 e. The summed E-state index contributed by atoms with van der Waals surface area (Å²) >= 11 is 0. The van der Waals surface area contributed by atoms with Crippen molar-refractivity contribution in [3.05, 3.63) is 36.2 Å². The second-order valence-electron chi connectivity index (χ2n) is 9.56. The number of aromatic nitrogens is 2. The molecule has 5 rings (SSSR count). The summed E-state index contributed by atoms with van der Waals surface area (Å²) < 4.78 is 2.26. The number of carbonyl (C=O) groups is 3. The van der Waals surface area contributed by atoms with Gasteiger partial charge in [-0.05, 0) is 75.1 Å². The Kier molecular flexibility index (Phi) is 5.68. The van der Waals surface area contributed by atoms with Crippen LogP contribution in [0.1, 0.15) is 57.6 Å². The maximum atomic E-state index is 13.0. The highest BCUT2D eigenvalue weighted by Gasteiger charge is 2.52. The summed E-state index contributed by atoms with van der Waals surface area (Å²) in [6.45, 7) is 2.86. The fraction of sp³-hybridized carbons (Fsp3) is 0.520. The summed E-state index contributed by atoms with van der Waals surface area (Å²) in [6.07, 6.45) is 9.60. The largest absolute Gasteiger partial charge is 0.328 e. The van der Waals surface area contributed by atoms with Crippen LogP contribution in [-0.2, 0) is 22.6 Å². The van der Waals surface area contributed by atoms with Gasteiger partial charge in [-0.1, -0.05) is 13.3 Å². The first-order chi connectivity index (χ1) is 16.0. The summed E-state index contributed by atoms with van der Waals surface area (Å²) in [5, 5.41) is 5.69. The van der Waals surface area contributed by atoms with Gasteiger partial charge in [0.1, 0.15) is 17.9 Å². The molecule has 4 amide bonds. The monoisotopic (exact) mass is 449 g/mol. The first-order valence-electron chi connectivity index (χ1n) is 12.1. The summed E-state index contributed by atoms with van der Waals surface area (Å²) in [4.78, 5) is 43.8. The molecule has 8 heteroatoms. The third kappa shape index (κ3) is 4.03. The highest BCUT2D eigenvalue weighted by atomic mass is 16.2. The number of hydrogen-bond donors (Lipinski definition) is 2. The van der Waals surface area contributed by atoms with E-state index in [1.54, 1.807) is 0 Å². The van der Waals surface area contributed by atoms with Crippen LogP contribution in [0.15, 0.2) is 30.5 Å². The SMILES string of the molecule is CCC1CCC2(CC1)NC(=O)N(CC(=O)Nc1ccc(-c3ncc4n3CCCC4)cc1)C2=O. The lowest BCUT2D eigenvalue weighted by Gasteiger charge is -2.34. The lowest BCUT2D eigenvalue weighted by Crippen LogP contribution is -2.49. The maximum absolute atomic E-state index is 13.0. The third-order valence-corrected chi connectivity index (χ3v) is 7.51. The minimum Gasteiger partial charge on any atom is -0.328 e. The molecule has 1 aromatic carbocycles. The van der Waals surface area contributed by atoms with E-state index in [0.29, 0.717) is 24.4 Å². The molecule has 2 aliphatic heterocycles. The van der Waals surface area contributed by atoms with Crippen LogP contribution >= 0.6 is 0 Å². The number of amides is 4. The van der Waals surface area contributed by atoms with E-state index in [-0.39, 0.29) is 18.4 Å². The van der Waals surface area contributed by atoms with E-state index < -0.39 is 11.6 Å². The molecule has 1 aromatic heterocycles. The summed E-state index contributed by atoms with van der Waals surface area (Å²) in [5.74, 6) is 0.901. The second kappa shape index (κ2) is 8.65. The average Bonchev–Trinajstić information content (AvgIpc) is 3.35. The van der Waals surface area contributed by atoms with Gasteiger partial charge in [-0.25, -0.2) is 9.78 Å². The van der Waals surface area contributed by atoms with Crippen LogP contribution < -0.4 is 10.6 Å². The van der Waals surface area contributed by atoms with Crippen LogP contribution in [-0.4, -0.2) is 44.4 Å². The number of nitrogens with one attached hydrogen (secondary N) is 2. The minimum atomic E-state index is -0.825. The van der Waals surface area contributed by atoms with E-state index in [1.165, 1.54) is 12.1 Å². The highest BCUT2D eigenvalue weighted by Crippen LogP contribution is 2.37. The lowest BCUT2D eigenvalue weighted by molar-refractivity contribution is -0.135. The number of carbonyl (C=O) groups excluding carboxylic acids is 3. The van der Waals surface area contributed by atoms with Crippen LogP contribution in [0, 0.1) is 5.92 Å². The number of aryl methyl sites for hydroxylation is 1. The number of anilines is 1. The van der Waals surface area contributed by atoms with Crippen LogP contribution in [0.3, 0.4) is 0 Å². The van der Waals surface area contributed by atoms with Crippen LogP contribution in [0.4, 0.5) is 10.5 Å². The van der Waals surface area contributed by atoms with Crippen molar-refractivity contribution in [1.29, 1.82) is 0 Å². The standard InChI is InChI=1S/C25H31N5O3/c1-2-17-10-12-25(13-11-17)23(32)30(24(33)28-25)16-21(31)27-19-8-6-18(7-9-19)22-26-15-20-5-3-4-14-29(20)22/h6-9,15,17H,2-5,10-14,16H2,1H3,(H,27,31)(H,28,33). The van der Waals surface area contributed by atoms with E-state index in [0.717, 1.165) is 54.9 Å². The predicted molar refractivity (Wildman–Crippen MR) is 124 cm³/mol. The fourth-order valence-corrected chi connectivity index (χ4v) is 5.45. The van der Waals surface area contributed by atoms with E-state index >= 15 is 0 Å². The number of nitrogens with zero attached hydrogens (tertiary/aromatic N) is 3. The van der Waals surface area contributed by atoms with Crippen molar-refractivity contribution >= 4 is 23.5 Å². The molecule has 174 valence electrons. The zero-order valence-electron chi connectivity index (χ0n) is 19.1. The predicted octanol–water partition coefficient (Wildman–Crippen LogP) is 3.72. The van der Waals surface area contributed by atoms with Crippen molar-refractivity contribution in [2.24, 2.45) is 5.92 Å². The highest BCUT2D eigenvalue weighted by molar-refractivity contribution is 6.10. The number of benzene rings is 1. The van der Waals surface area contributed by atoms with Crippen LogP contribution in [0.25, 0.3) is 11.4 Å². The number of urea groups is 1. The minimum absolute atomic E-state index is 0.267. The van der Waals surface area contributed by atoms with E-state index in [9.17, 15) is 14.4 Å². The molecule has 2 fully saturated rings. The molecule has 0 radical (unpaired) electrons. The Bertz CT molecular complexity index is 1070. The molecular weight excluding hydrogens is 418 g/mol. The van der Waals surface area contributed by atoms with Gasteiger partial charge in [0.25, 0.3) is 5.91 Å². The Morgan fingerprint density at radius 3 is 2.67 bits per heavy atom. The van der Waals surface area contributed by atoms with Gasteiger partial charge in [-0.2, -0.15) is 0 Å². The summed E-state index contributed by atoms with van der Waals surface area (Å²) in [7, 11) is 0. The molecule has 2 N–H and O–H groups in total. The molecule has 1 aliphatic carbocycles. The Morgan fingerprint density at radius 2 is 1.94 bits per heavy atom. The molecule has 1 spiro atoms. The maximum Gasteiger partial charge on any atom is 0.325 e. The lowest BCUT2D eigenvalue weighted by atomic mass is 9.75. The summed E-state index contributed by atoms with van der Waals surface area (Å²) in [5.41, 5.74) is 2.07. The molecule has 0 atom stereocenters. The van der Waals surface area contributed by atoms with Gasteiger partial charge in [-0.3, -0.25) is 14.5 Å². The van der Waals surface area contributed by atoms with Gasteiger partial charge in [0.2, 0.25) is 5.91 Å². The van der Waals surface area contributed by atoms with Crippen LogP contribution in [0.5, 0.6) is 0 Å². The number of fused-ring (bicyclic) bond motifs is 1. The summed E-state index contributed by atoms with van der Waals surface area (Å²) in [6, 6.07) is 7.07. The zero-order chi connectivity index (χ0) is 23.0. The quantitative estimate of drug-likeness (QED) is 0.680. The average molecular weight is 450 g/mol. The normalized spacial score (nSPS) is 24.6. The second-order valence-corrected chi connectivity index (χ2v) is 9.56. The molecule has 1 saturated carbocycles. The van der Waals surface area contributed by atoms with Crippen molar-refractivity contribution < 1.29 is 14.4 Å². The number of imidazole rings is 1. The number of hydrogen-bond acceptors (Lipinski definition) is 4. The first kappa shape index (κ1) is 21.7. The third-order valence-electron chi connectivity index (χ3n) is 7.51. The van der Waals surface area contributed by atoms with E-state index in [4.69, 9.17) is 0 Å². The van der Waals surface area contributed by atoms with Gasteiger partial charge in [0, 0.05) is 29.7 Å². The zero-order valence-corrected chi connectivity index (χ0v) is 19.1. The van der Waals surface area contributed by atoms with Gasteiger partial charge < -0.3 is 15.2 Å². The molecule has 0 unspecified atom stereocenters. The van der Waals surface area contributed by atoms with E-state index in [1.807, 2.05) is 30.5 Å². The molecule has 33 heavy (non-hydrogen) atoms. The van der Waals surface area contributed by atoms with Crippen molar-refractivity contribution in [2.75, 3.05) is 11.9 Å². The van der Waals surface area contributed by atoms with Gasteiger partial charge in [-0.15, -0.1) is 0 Å². The van der Waals surface area contributed by atoms with Crippen molar-refractivity contribution in [3.63, 3.8) is 0 Å². The molecular formula is C25H31N5O3. The molecule has 2 aromatic rings. The van der Waals surface area contributed by atoms with Crippen molar-refractivity contribution in [1.82, 2.24) is 19.8 Å². The van der Waals surface area contributed by atoms with Gasteiger partial charge in [0.05, 0.1) is 0 Å². The Balaban J connectivity index is 1.21. The van der Waals surface area contributed by atoms with Gasteiger partial charge >= 0.3 is 6.03 Å². The van der Waals surface area contributed by atoms with E-state index in [2.05, 4.69) is 27.1 Å². The molecule has 3 heterocycles. The Labute approximate surface area is 193 Å². The topological polar surface area (TPSA) is 96.3 Å². The van der Waals surface area contributed by atoms with Crippen LogP contribution in [0.2, 0.25) is 0 Å². The fourth-order valence-electron chi connectivity index (χ4n) is 5.45. The number of rotatable bonds is 5. The molecule has 1 saturated heterocycles. The first-order valence-corrected chi connectivity index (χ1v) is 12.1. The van der Waals surface area contributed by atoms with Gasteiger partial charge in [0.15, 0.2) is 0 Å². The number of imide groups is 1. The molecule has 8 nitrogen and oxygen atoms in total. The Morgan fingerprint density at radius 1 is 1.18 bits per heavy atom. The van der Waals surface area contributed by atoms with Crippen molar-refractivity contribution in [2.45, 2.75) is 70.4 Å². The Hall–Kier alpha value is -3.16. The molecule has 0 bridgehead atoms. The van der Waals surface area contributed by atoms with Crippen molar-refractivity contribution in [3.8, 4) is 11.4 Å².